The summed E-state index contributed by atoms with van der Waals surface area (Å²) in [5.41, 5.74) is -0.722. The molecule has 3 amide bonds. The van der Waals surface area contributed by atoms with Gasteiger partial charge in [0.05, 0.1) is 0 Å². The van der Waals surface area contributed by atoms with E-state index in [4.69, 9.17) is 9.84 Å². The zero-order valence-corrected chi connectivity index (χ0v) is 12.5. The number of amides is 3. The number of carbonyl (C=O) groups excluding carboxylic acids is 3. The number of carboxylic acid groups (broad SMARTS) is 1. The zero-order valence-electron chi connectivity index (χ0n) is 12.5. The lowest BCUT2D eigenvalue weighted by atomic mass is 10.2. The standard InChI is InChI=1S/C13H20N2O6/c1-7(14-12(20)21-13(2,3)4)10(17)15-8(11(18)19)5-6-9(15)16/h7-8H,5-6H2,1-4H3,(H,14,20)(H,18,19)/t7-,8-/m0/s1. The summed E-state index contributed by atoms with van der Waals surface area (Å²) in [6.45, 7) is 6.38. The van der Waals surface area contributed by atoms with Crippen LogP contribution in [-0.4, -0.2) is 51.6 Å². The fraction of sp³-hybridized carbons (Fsp3) is 0.692. The molecule has 1 aliphatic rings. The van der Waals surface area contributed by atoms with Crippen molar-refractivity contribution in [3.8, 4) is 0 Å². The number of imide groups is 1. The van der Waals surface area contributed by atoms with Gasteiger partial charge in [0, 0.05) is 6.42 Å². The molecule has 2 N–H and O–H groups in total. The third kappa shape index (κ3) is 4.44. The highest BCUT2D eigenvalue weighted by molar-refractivity contribution is 6.03. The largest absolute Gasteiger partial charge is 0.480 e. The lowest BCUT2D eigenvalue weighted by Crippen LogP contribution is -2.52. The molecule has 0 unspecified atom stereocenters. The summed E-state index contributed by atoms with van der Waals surface area (Å²) >= 11 is 0. The van der Waals surface area contributed by atoms with E-state index in [9.17, 15) is 19.2 Å². The number of ether oxygens (including phenoxy) is 1. The SMILES string of the molecule is C[C@H](NC(=O)OC(C)(C)C)C(=O)N1C(=O)CC[C@H]1C(=O)O. The highest BCUT2D eigenvalue weighted by Crippen LogP contribution is 2.20. The molecule has 0 saturated carbocycles. The molecular formula is C13H20N2O6. The highest BCUT2D eigenvalue weighted by atomic mass is 16.6. The first-order valence-electron chi connectivity index (χ1n) is 6.61. The zero-order chi connectivity index (χ0) is 16.4. The molecule has 1 saturated heterocycles. The molecule has 0 aliphatic carbocycles. The van der Waals surface area contributed by atoms with Crippen LogP contribution in [0.4, 0.5) is 4.79 Å². The fourth-order valence-corrected chi connectivity index (χ4v) is 1.95. The van der Waals surface area contributed by atoms with Crippen molar-refractivity contribution in [2.45, 2.75) is 58.2 Å². The number of nitrogens with one attached hydrogen (secondary N) is 1. The van der Waals surface area contributed by atoms with Gasteiger partial charge >= 0.3 is 12.1 Å². The van der Waals surface area contributed by atoms with Gasteiger partial charge in [0.1, 0.15) is 17.7 Å². The second-order valence-corrected chi connectivity index (χ2v) is 5.86. The molecule has 0 spiro atoms. The van der Waals surface area contributed by atoms with Gasteiger partial charge < -0.3 is 15.2 Å². The van der Waals surface area contributed by atoms with E-state index in [-0.39, 0.29) is 12.8 Å². The number of likely N-dealkylation sites (tertiary alicyclic amines) is 1. The van der Waals surface area contributed by atoms with Crippen molar-refractivity contribution in [3.63, 3.8) is 0 Å². The van der Waals surface area contributed by atoms with E-state index < -0.39 is 41.6 Å². The van der Waals surface area contributed by atoms with E-state index >= 15 is 0 Å². The quantitative estimate of drug-likeness (QED) is 0.784. The summed E-state index contributed by atoms with van der Waals surface area (Å²) in [6.07, 6.45) is -0.720. The van der Waals surface area contributed by atoms with Crippen LogP contribution in [0, 0.1) is 0 Å². The molecule has 1 fully saturated rings. The van der Waals surface area contributed by atoms with Crippen LogP contribution in [0.15, 0.2) is 0 Å². The third-order valence-electron chi connectivity index (χ3n) is 2.84. The molecule has 8 heteroatoms. The Labute approximate surface area is 122 Å². The Balaban J connectivity index is 2.71. The normalized spacial score (nSPS) is 20.1. The smallest absolute Gasteiger partial charge is 0.408 e. The summed E-state index contributed by atoms with van der Waals surface area (Å²) in [5.74, 6) is -2.54. The number of nitrogens with zero attached hydrogens (tertiary/aromatic N) is 1. The lowest BCUT2D eigenvalue weighted by molar-refractivity contribution is -0.154. The predicted octanol–water partition coefficient (Wildman–Crippen LogP) is 0.502. The highest BCUT2D eigenvalue weighted by Gasteiger charge is 2.42. The predicted molar refractivity (Wildman–Crippen MR) is 71.3 cm³/mol. The summed E-state index contributed by atoms with van der Waals surface area (Å²) in [4.78, 5) is 47.1. The first-order chi connectivity index (χ1) is 9.53. The van der Waals surface area contributed by atoms with Gasteiger partial charge in [-0.25, -0.2) is 9.59 Å². The molecule has 0 aromatic rings. The van der Waals surface area contributed by atoms with Crippen molar-refractivity contribution in [2.75, 3.05) is 0 Å². The fourth-order valence-electron chi connectivity index (χ4n) is 1.95. The van der Waals surface area contributed by atoms with E-state index in [1.165, 1.54) is 6.92 Å². The number of aliphatic carboxylic acids is 1. The maximum absolute atomic E-state index is 12.1. The van der Waals surface area contributed by atoms with Gasteiger partial charge in [-0.3, -0.25) is 14.5 Å². The number of hydrogen-bond acceptors (Lipinski definition) is 5. The molecule has 1 rings (SSSR count). The van der Waals surface area contributed by atoms with E-state index in [0.29, 0.717) is 4.90 Å². The number of carboxylic acids is 1. The molecule has 1 aliphatic heterocycles. The Morgan fingerprint density at radius 1 is 1.38 bits per heavy atom. The number of carbonyl (C=O) groups is 4. The van der Waals surface area contributed by atoms with Crippen molar-refractivity contribution in [1.82, 2.24) is 10.2 Å². The molecule has 8 nitrogen and oxygen atoms in total. The van der Waals surface area contributed by atoms with Gasteiger partial charge in [0.2, 0.25) is 5.91 Å². The first kappa shape index (κ1) is 16.9. The minimum Gasteiger partial charge on any atom is -0.480 e. The maximum Gasteiger partial charge on any atom is 0.408 e. The van der Waals surface area contributed by atoms with Crippen molar-refractivity contribution < 1.29 is 29.0 Å². The molecule has 0 aromatic heterocycles. The molecule has 0 aromatic carbocycles. The number of rotatable bonds is 3. The van der Waals surface area contributed by atoms with E-state index in [1.807, 2.05) is 0 Å². The number of hydrogen-bond donors (Lipinski definition) is 2. The van der Waals surface area contributed by atoms with Crippen LogP contribution < -0.4 is 5.32 Å². The summed E-state index contributed by atoms with van der Waals surface area (Å²) in [6, 6.07) is -2.23. The third-order valence-corrected chi connectivity index (χ3v) is 2.84. The molecule has 1 heterocycles. The van der Waals surface area contributed by atoms with Crippen LogP contribution in [0.2, 0.25) is 0 Å². The van der Waals surface area contributed by atoms with Gasteiger partial charge in [0.25, 0.3) is 5.91 Å². The summed E-state index contributed by atoms with van der Waals surface area (Å²) in [5, 5.41) is 11.3. The van der Waals surface area contributed by atoms with Crippen LogP contribution in [-0.2, 0) is 19.1 Å². The Hall–Kier alpha value is -2.12. The summed E-state index contributed by atoms with van der Waals surface area (Å²) < 4.78 is 5.00. The monoisotopic (exact) mass is 300 g/mol. The van der Waals surface area contributed by atoms with Crippen LogP contribution in [0.25, 0.3) is 0 Å². The van der Waals surface area contributed by atoms with Crippen LogP contribution in [0.3, 0.4) is 0 Å². The van der Waals surface area contributed by atoms with E-state index in [1.54, 1.807) is 20.8 Å². The minimum atomic E-state index is -1.24. The lowest BCUT2D eigenvalue weighted by Gasteiger charge is -2.25. The molecular weight excluding hydrogens is 280 g/mol. The topological polar surface area (TPSA) is 113 Å². The molecule has 0 bridgehead atoms. The second-order valence-electron chi connectivity index (χ2n) is 5.86. The van der Waals surface area contributed by atoms with E-state index in [0.717, 1.165) is 0 Å². The average molecular weight is 300 g/mol. The molecule has 118 valence electrons. The molecule has 21 heavy (non-hydrogen) atoms. The van der Waals surface area contributed by atoms with Crippen LogP contribution >= 0.6 is 0 Å². The molecule has 0 radical (unpaired) electrons. The van der Waals surface area contributed by atoms with Crippen LogP contribution in [0.5, 0.6) is 0 Å². The maximum atomic E-state index is 12.1. The van der Waals surface area contributed by atoms with Gasteiger partial charge in [-0.1, -0.05) is 0 Å². The average Bonchev–Trinajstić information content (AvgIpc) is 2.67. The number of alkyl carbamates (subject to hydrolysis) is 1. The van der Waals surface area contributed by atoms with Crippen molar-refractivity contribution in [2.24, 2.45) is 0 Å². The van der Waals surface area contributed by atoms with Gasteiger partial charge in [0.15, 0.2) is 0 Å². The Morgan fingerprint density at radius 2 is 1.95 bits per heavy atom. The Bertz CT molecular complexity index is 468. The van der Waals surface area contributed by atoms with Crippen molar-refractivity contribution >= 4 is 23.9 Å². The Morgan fingerprint density at radius 3 is 2.43 bits per heavy atom. The minimum absolute atomic E-state index is 0.00185. The van der Waals surface area contributed by atoms with Crippen molar-refractivity contribution in [1.29, 1.82) is 0 Å². The van der Waals surface area contributed by atoms with Crippen LogP contribution in [0.1, 0.15) is 40.5 Å². The second kappa shape index (κ2) is 6.11. The molecule has 2 atom stereocenters. The van der Waals surface area contributed by atoms with Crippen molar-refractivity contribution in [3.05, 3.63) is 0 Å². The van der Waals surface area contributed by atoms with E-state index in [2.05, 4.69) is 5.32 Å². The Kier molecular flexibility index (Phi) is 4.93. The van der Waals surface area contributed by atoms with Gasteiger partial charge in [-0.05, 0) is 34.1 Å². The van der Waals surface area contributed by atoms with Gasteiger partial charge in [-0.15, -0.1) is 0 Å². The summed E-state index contributed by atoms with van der Waals surface area (Å²) in [7, 11) is 0. The van der Waals surface area contributed by atoms with Gasteiger partial charge in [-0.2, -0.15) is 0 Å². The first-order valence-corrected chi connectivity index (χ1v) is 6.61.